The van der Waals surface area contributed by atoms with E-state index in [2.05, 4.69) is 10.1 Å². The van der Waals surface area contributed by atoms with Gasteiger partial charge in [0.2, 0.25) is 0 Å². The second-order valence-electron chi connectivity index (χ2n) is 5.70. The Morgan fingerprint density at radius 1 is 1.27 bits per heavy atom. The molecular formula is C16H20ClNO4. The number of ether oxygens (including phenoxy) is 2. The highest BCUT2D eigenvalue weighted by atomic mass is 35.5. The Balaban J connectivity index is 3.05. The largest absolute Gasteiger partial charge is 0.464 e. The van der Waals surface area contributed by atoms with E-state index in [0.29, 0.717) is 10.6 Å². The van der Waals surface area contributed by atoms with Crippen LogP contribution >= 0.6 is 11.6 Å². The van der Waals surface area contributed by atoms with E-state index < -0.39 is 17.7 Å². The molecule has 1 amide bonds. The van der Waals surface area contributed by atoms with Crippen molar-refractivity contribution in [2.75, 3.05) is 7.11 Å². The summed E-state index contributed by atoms with van der Waals surface area (Å²) < 4.78 is 9.78. The fourth-order valence-corrected chi connectivity index (χ4v) is 1.86. The summed E-state index contributed by atoms with van der Waals surface area (Å²) in [5.41, 5.74) is 0.848. The van der Waals surface area contributed by atoms with Crippen molar-refractivity contribution in [2.24, 2.45) is 0 Å². The minimum absolute atomic E-state index is 0.0532. The van der Waals surface area contributed by atoms with E-state index in [0.717, 1.165) is 5.56 Å². The lowest BCUT2D eigenvalue weighted by Crippen LogP contribution is -2.34. The first-order chi connectivity index (χ1) is 10.1. The number of amides is 1. The zero-order valence-electron chi connectivity index (χ0n) is 13.3. The Morgan fingerprint density at radius 3 is 2.41 bits per heavy atom. The van der Waals surface area contributed by atoms with E-state index in [1.165, 1.54) is 13.2 Å². The summed E-state index contributed by atoms with van der Waals surface area (Å²) in [6.07, 6.45) is 0.699. The summed E-state index contributed by atoms with van der Waals surface area (Å²) in [6.45, 7) is 7.08. The molecule has 5 nitrogen and oxygen atoms in total. The van der Waals surface area contributed by atoms with Crippen molar-refractivity contribution in [3.63, 3.8) is 0 Å². The zero-order chi connectivity index (χ0) is 16.9. The molecule has 0 spiro atoms. The molecule has 120 valence electrons. The highest BCUT2D eigenvalue weighted by Gasteiger charge is 2.20. The quantitative estimate of drug-likeness (QED) is 0.680. The molecule has 0 aliphatic carbocycles. The molecular weight excluding hydrogens is 306 g/mol. The van der Waals surface area contributed by atoms with E-state index in [1.54, 1.807) is 32.9 Å². The van der Waals surface area contributed by atoms with E-state index in [9.17, 15) is 9.59 Å². The van der Waals surface area contributed by atoms with Crippen molar-refractivity contribution < 1.29 is 19.1 Å². The van der Waals surface area contributed by atoms with Crippen LogP contribution in [0.25, 0.3) is 6.08 Å². The van der Waals surface area contributed by atoms with Crippen LogP contribution in [0.5, 0.6) is 0 Å². The number of hydrogen-bond donors (Lipinski definition) is 1. The number of esters is 1. The molecule has 0 fully saturated rings. The van der Waals surface area contributed by atoms with Gasteiger partial charge in [-0.3, -0.25) is 5.32 Å². The third kappa shape index (κ3) is 5.77. The maximum atomic E-state index is 11.8. The van der Waals surface area contributed by atoms with E-state index >= 15 is 0 Å². The zero-order valence-corrected chi connectivity index (χ0v) is 14.1. The number of methoxy groups -OCH3 is 1. The molecule has 0 saturated heterocycles. The van der Waals surface area contributed by atoms with Crippen molar-refractivity contribution in [3.8, 4) is 0 Å². The Morgan fingerprint density at radius 2 is 1.91 bits per heavy atom. The molecule has 6 heteroatoms. The third-order valence-electron chi connectivity index (χ3n) is 2.50. The average molecular weight is 326 g/mol. The average Bonchev–Trinajstić information content (AvgIpc) is 2.37. The van der Waals surface area contributed by atoms with Gasteiger partial charge in [-0.2, -0.15) is 0 Å². The van der Waals surface area contributed by atoms with Crippen molar-refractivity contribution in [2.45, 2.75) is 33.3 Å². The van der Waals surface area contributed by atoms with E-state index in [4.69, 9.17) is 16.3 Å². The van der Waals surface area contributed by atoms with Gasteiger partial charge in [0.25, 0.3) is 0 Å². The number of nitrogens with one attached hydrogen (secondary N) is 1. The predicted octanol–water partition coefficient (Wildman–Crippen LogP) is 3.69. The fraction of sp³-hybridized carbons (Fsp3) is 0.375. The smallest absolute Gasteiger partial charge is 0.412 e. The van der Waals surface area contributed by atoms with E-state index in [1.807, 2.05) is 13.0 Å². The molecule has 0 bridgehead atoms. The Bertz CT molecular complexity index is 603. The van der Waals surface area contributed by atoms with Crippen LogP contribution in [0.4, 0.5) is 4.79 Å². The number of rotatable bonds is 3. The van der Waals surface area contributed by atoms with E-state index in [-0.39, 0.29) is 5.70 Å². The van der Waals surface area contributed by atoms with Gasteiger partial charge in [0, 0.05) is 5.02 Å². The minimum Gasteiger partial charge on any atom is -0.464 e. The van der Waals surface area contributed by atoms with Crippen molar-refractivity contribution in [3.05, 3.63) is 40.0 Å². The van der Waals surface area contributed by atoms with Crippen molar-refractivity contribution in [1.82, 2.24) is 5.32 Å². The standard InChI is InChI=1S/C16H20ClNO4/c1-10-6-7-11(12(17)8-10)9-13(14(19)21-5)18-15(20)22-16(2,3)4/h6-9H,1-5H3,(H,18,20)/b13-9-. The molecule has 1 aromatic rings. The maximum Gasteiger partial charge on any atom is 0.412 e. The topological polar surface area (TPSA) is 64.6 Å². The fourth-order valence-electron chi connectivity index (χ4n) is 1.57. The highest BCUT2D eigenvalue weighted by molar-refractivity contribution is 6.32. The van der Waals surface area contributed by atoms with Gasteiger partial charge in [-0.15, -0.1) is 0 Å². The normalized spacial score (nSPS) is 11.8. The molecule has 22 heavy (non-hydrogen) atoms. The van der Waals surface area contributed by atoms with Gasteiger partial charge in [-0.1, -0.05) is 23.7 Å². The van der Waals surface area contributed by atoms with Crippen LogP contribution in [0.3, 0.4) is 0 Å². The highest BCUT2D eigenvalue weighted by Crippen LogP contribution is 2.20. The number of halogens is 1. The summed E-state index contributed by atoms with van der Waals surface area (Å²) in [4.78, 5) is 23.6. The lowest BCUT2D eigenvalue weighted by molar-refractivity contribution is -0.136. The van der Waals surface area contributed by atoms with Gasteiger partial charge in [-0.05, 0) is 51.0 Å². The van der Waals surface area contributed by atoms with Gasteiger partial charge in [0.05, 0.1) is 7.11 Å². The van der Waals surface area contributed by atoms with Crippen LogP contribution in [0.15, 0.2) is 23.9 Å². The summed E-state index contributed by atoms with van der Waals surface area (Å²) in [6, 6.07) is 5.35. The first-order valence-corrected chi connectivity index (χ1v) is 7.06. The summed E-state index contributed by atoms with van der Waals surface area (Å²) >= 11 is 6.12. The van der Waals surface area contributed by atoms with Gasteiger partial charge in [0.15, 0.2) is 0 Å². The number of benzene rings is 1. The first-order valence-electron chi connectivity index (χ1n) is 6.68. The van der Waals surface area contributed by atoms with Crippen LogP contribution in [-0.4, -0.2) is 24.8 Å². The SMILES string of the molecule is COC(=O)/C(=C/c1ccc(C)cc1Cl)NC(=O)OC(C)(C)C. The second kappa shape index (κ2) is 7.31. The monoisotopic (exact) mass is 325 g/mol. The number of alkyl carbamates (subject to hydrolysis) is 1. The van der Waals surface area contributed by atoms with Gasteiger partial charge in [-0.25, -0.2) is 9.59 Å². The molecule has 0 saturated carbocycles. The molecule has 0 radical (unpaired) electrons. The summed E-state index contributed by atoms with van der Waals surface area (Å²) in [5.74, 6) is -0.692. The lowest BCUT2D eigenvalue weighted by atomic mass is 10.1. The molecule has 1 rings (SSSR count). The molecule has 0 atom stereocenters. The van der Waals surface area contributed by atoms with Crippen molar-refractivity contribution in [1.29, 1.82) is 0 Å². The number of hydrogen-bond acceptors (Lipinski definition) is 4. The Kier molecular flexibility index (Phi) is 6.00. The van der Waals surface area contributed by atoms with Crippen LogP contribution in [0, 0.1) is 6.92 Å². The molecule has 0 aliphatic heterocycles. The Labute approximate surface area is 135 Å². The number of carbonyl (C=O) groups is 2. The molecule has 1 N–H and O–H groups in total. The molecule has 0 aromatic heterocycles. The minimum atomic E-state index is -0.743. The first kappa shape index (κ1) is 18.0. The third-order valence-corrected chi connectivity index (χ3v) is 2.82. The van der Waals surface area contributed by atoms with Crippen LogP contribution in [0.1, 0.15) is 31.9 Å². The number of aryl methyl sites for hydroxylation is 1. The molecule has 0 unspecified atom stereocenters. The summed E-state index contributed by atoms with van der Waals surface area (Å²) in [5, 5.41) is 2.85. The van der Waals surface area contributed by atoms with Crippen molar-refractivity contribution >= 4 is 29.7 Å². The molecule has 1 aromatic carbocycles. The maximum absolute atomic E-state index is 11.8. The van der Waals surface area contributed by atoms with Gasteiger partial charge < -0.3 is 9.47 Å². The summed E-state index contributed by atoms with van der Waals surface area (Å²) in [7, 11) is 1.23. The number of carbonyl (C=O) groups excluding carboxylic acids is 2. The van der Waals surface area contributed by atoms with Crippen LogP contribution in [0.2, 0.25) is 5.02 Å². The van der Waals surface area contributed by atoms with Gasteiger partial charge >= 0.3 is 12.1 Å². The molecule has 0 aliphatic rings. The Hall–Kier alpha value is -2.01. The lowest BCUT2D eigenvalue weighted by Gasteiger charge is -2.20. The predicted molar refractivity (Wildman–Crippen MR) is 85.6 cm³/mol. The van der Waals surface area contributed by atoms with Crippen LogP contribution in [-0.2, 0) is 14.3 Å². The van der Waals surface area contributed by atoms with Crippen LogP contribution < -0.4 is 5.32 Å². The molecule has 0 heterocycles. The second-order valence-corrected chi connectivity index (χ2v) is 6.11. The van der Waals surface area contributed by atoms with Gasteiger partial charge in [0.1, 0.15) is 11.3 Å².